The van der Waals surface area contributed by atoms with Crippen molar-refractivity contribution in [3.63, 3.8) is 0 Å². The highest BCUT2D eigenvalue weighted by molar-refractivity contribution is 7.89. The van der Waals surface area contributed by atoms with Crippen LogP contribution >= 0.6 is 0 Å². The van der Waals surface area contributed by atoms with Crippen molar-refractivity contribution in [3.8, 4) is 5.75 Å². The van der Waals surface area contributed by atoms with Gasteiger partial charge in [0.2, 0.25) is 10.0 Å². The zero-order valence-electron chi connectivity index (χ0n) is 15.0. The van der Waals surface area contributed by atoms with Crippen LogP contribution in [0, 0.1) is 5.82 Å². The molecule has 2 aromatic carbocycles. The van der Waals surface area contributed by atoms with Crippen LogP contribution in [0.25, 0.3) is 0 Å². The molecule has 2 N–H and O–H groups in total. The van der Waals surface area contributed by atoms with Crippen LogP contribution in [-0.4, -0.2) is 41.7 Å². The summed E-state index contributed by atoms with van der Waals surface area (Å²) in [6, 6.07) is 9.52. The number of hydrogen-bond acceptors (Lipinski definition) is 5. The van der Waals surface area contributed by atoms with Crippen LogP contribution in [0.2, 0.25) is 0 Å². The van der Waals surface area contributed by atoms with Gasteiger partial charge in [-0.15, -0.1) is 0 Å². The minimum absolute atomic E-state index is 0.0513. The van der Waals surface area contributed by atoms with Crippen molar-refractivity contribution >= 4 is 21.6 Å². The Morgan fingerprint density at radius 3 is 2.56 bits per heavy atom. The topological polar surface area (TPSA) is 93.7 Å². The van der Waals surface area contributed by atoms with Crippen LogP contribution in [0.3, 0.4) is 0 Å². The molecule has 27 heavy (non-hydrogen) atoms. The fourth-order valence-corrected chi connectivity index (χ4v) is 3.39. The maximum atomic E-state index is 13.8. The van der Waals surface area contributed by atoms with E-state index in [1.54, 1.807) is 0 Å². The first-order valence-electron chi connectivity index (χ1n) is 8.11. The number of hydrogen-bond donors (Lipinski definition) is 2. The Balaban J connectivity index is 2.24. The van der Waals surface area contributed by atoms with E-state index in [9.17, 15) is 17.6 Å². The summed E-state index contributed by atoms with van der Waals surface area (Å²) in [5.74, 6) is -1.15. The summed E-state index contributed by atoms with van der Waals surface area (Å²) in [5.41, 5.74) is -0.0453. The van der Waals surface area contributed by atoms with Crippen LogP contribution in [-0.2, 0) is 14.8 Å². The highest BCUT2D eigenvalue weighted by atomic mass is 32.2. The molecule has 0 fully saturated rings. The summed E-state index contributed by atoms with van der Waals surface area (Å²) < 4.78 is 51.0. The Hall–Kier alpha value is -2.49. The highest BCUT2D eigenvalue weighted by Gasteiger charge is 2.18. The Bertz CT molecular complexity index is 902. The number of anilines is 1. The second kappa shape index (κ2) is 9.45. The van der Waals surface area contributed by atoms with Gasteiger partial charge in [-0.05, 0) is 36.8 Å². The first kappa shape index (κ1) is 20.8. The minimum atomic E-state index is -3.78. The molecule has 0 aliphatic heterocycles. The molecule has 0 spiro atoms. The molecule has 0 radical (unpaired) electrons. The Labute approximate surface area is 157 Å². The van der Waals surface area contributed by atoms with Gasteiger partial charge in [0, 0.05) is 20.3 Å². The standard InChI is InChI=1S/C18H21FN2O5S/c1-25-11-5-10-20-27(23,24)13-8-9-17(26-2)16(12-13)21-18(22)14-6-3-4-7-15(14)19/h3-4,6-9,12,20H,5,10-11H2,1-2H3,(H,21,22). The summed E-state index contributed by atoms with van der Waals surface area (Å²) in [7, 11) is -0.873. The van der Waals surface area contributed by atoms with Gasteiger partial charge >= 0.3 is 0 Å². The highest BCUT2D eigenvalue weighted by Crippen LogP contribution is 2.28. The SMILES string of the molecule is COCCCNS(=O)(=O)c1ccc(OC)c(NC(=O)c2ccccc2F)c1. The van der Waals surface area contributed by atoms with Gasteiger partial charge in [0.15, 0.2) is 0 Å². The molecule has 0 unspecified atom stereocenters. The maximum absolute atomic E-state index is 13.8. The molecule has 2 aromatic rings. The Kier molecular flexibility index (Phi) is 7.28. The van der Waals surface area contributed by atoms with Crippen molar-refractivity contribution in [1.82, 2.24) is 4.72 Å². The van der Waals surface area contributed by atoms with E-state index in [-0.39, 0.29) is 28.4 Å². The summed E-state index contributed by atoms with van der Waals surface area (Å²) in [6.45, 7) is 0.633. The first-order chi connectivity index (χ1) is 12.9. The molecular weight excluding hydrogens is 375 g/mol. The second-order valence-electron chi connectivity index (χ2n) is 5.54. The van der Waals surface area contributed by atoms with Crippen molar-refractivity contribution in [3.05, 3.63) is 53.8 Å². The molecule has 2 rings (SSSR count). The van der Waals surface area contributed by atoms with Gasteiger partial charge in [-0.3, -0.25) is 4.79 Å². The zero-order chi connectivity index (χ0) is 19.9. The zero-order valence-corrected chi connectivity index (χ0v) is 15.8. The van der Waals surface area contributed by atoms with Crippen molar-refractivity contribution in [2.45, 2.75) is 11.3 Å². The normalized spacial score (nSPS) is 11.2. The molecule has 146 valence electrons. The summed E-state index contributed by atoms with van der Waals surface area (Å²) in [4.78, 5) is 12.3. The van der Waals surface area contributed by atoms with E-state index in [2.05, 4.69) is 10.0 Å². The van der Waals surface area contributed by atoms with Crippen molar-refractivity contribution in [2.75, 3.05) is 32.7 Å². The number of rotatable bonds is 9. The first-order valence-corrected chi connectivity index (χ1v) is 9.60. The van der Waals surface area contributed by atoms with Crippen molar-refractivity contribution in [2.24, 2.45) is 0 Å². The molecule has 0 atom stereocenters. The monoisotopic (exact) mass is 396 g/mol. The average Bonchev–Trinajstić information content (AvgIpc) is 2.65. The predicted octanol–water partition coefficient (Wildman–Crippen LogP) is 2.40. The largest absolute Gasteiger partial charge is 0.495 e. The molecule has 0 bridgehead atoms. The van der Waals surface area contributed by atoms with Crippen LogP contribution in [0.1, 0.15) is 16.8 Å². The molecule has 0 aromatic heterocycles. The van der Waals surface area contributed by atoms with E-state index < -0.39 is 21.7 Å². The average molecular weight is 396 g/mol. The molecule has 0 heterocycles. The van der Waals surface area contributed by atoms with Crippen molar-refractivity contribution in [1.29, 1.82) is 0 Å². The lowest BCUT2D eigenvalue weighted by molar-refractivity contribution is 0.102. The predicted molar refractivity (Wildman–Crippen MR) is 99.0 cm³/mol. The lowest BCUT2D eigenvalue weighted by Crippen LogP contribution is -2.25. The van der Waals surface area contributed by atoms with Gasteiger partial charge in [-0.2, -0.15) is 0 Å². The molecule has 0 aliphatic rings. The lowest BCUT2D eigenvalue weighted by Gasteiger charge is -2.13. The summed E-state index contributed by atoms with van der Waals surface area (Å²) >= 11 is 0. The fourth-order valence-electron chi connectivity index (χ4n) is 2.29. The van der Waals surface area contributed by atoms with Gasteiger partial charge in [-0.25, -0.2) is 17.5 Å². The Morgan fingerprint density at radius 1 is 1.15 bits per heavy atom. The maximum Gasteiger partial charge on any atom is 0.258 e. The van der Waals surface area contributed by atoms with Crippen LogP contribution < -0.4 is 14.8 Å². The third-order valence-electron chi connectivity index (χ3n) is 3.67. The number of benzene rings is 2. The van der Waals surface area contributed by atoms with Crippen LogP contribution in [0.5, 0.6) is 5.75 Å². The van der Waals surface area contributed by atoms with E-state index in [1.165, 1.54) is 50.6 Å². The number of sulfonamides is 1. The quantitative estimate of drug-likeness (QED) is 0.635. The summed E-state index contributed by atoms with van der Waals surface area (Å²) in [5, 5.41) is 2.49. The number of nitrogens with one attached hydrogen (secondary N) is 2. The molecular formula is C18H21FN2O5S. The van der Waals surface area contributed by atoms with E-state index in [0.717, 1.165) is 6.07 Å². The van der Waals surface area contributed by atoms with Crippen molar-refractivity contribution < 1.29 is 27.1 Å². The molecule has 1 amide bonds. The number of carbonyl (C=O) groups excluding carboxylic acids is 1. The molecule has 0 aliphatic carbocycles. The minimum Gasteiger partial charge on any atom is -0.495 e. The van der Waals surface area contributed by atoms with Gasteiger partial charge < -0.3 is 14.8 Å². The lowest BCUT2D eigenvalue weighted by atomic mass is 10.2. The van der Waals surface area contributed by atoms with E-state index in [1.807, 2.05) is 0 Å². The van der Waals surface area contributed by atoms with Gasteiger partial charge in [0.25, 0.3) is 5.91 Å². The molecule has 0 saturated heterocycles. The number of halogens is 1. The number of carbonyl (C=O) groups is 1. The number of amides is 1. The smallest absolute Gasteiger partial charge is 0.258 e. The number of methoxy groups -OCH3 is 2. The third kappa shape index (κ3) is 5.49. The molecule has 9 heteroatoms. The van der Waals surface area contributed by atoms with Gasteiger partial charge in [0.05, 0.1) is 23.3 Å². The van der Waals surface area contributed by atoms with Crippen LogP contribution in [0.4, 0.5) is 10.1 Å². The van der Waals surface area contributed by atoms with Gasteiger partial charge in [-0.1, -0.05) is 12.1 Å². The fraction of sp³-hybridized carbons (Fsp3) is 0.278. The van der Waals surface area contributed by atoms with Crippen LogP contribution in [0.15, 0.2) is 47.4 Å². The second-order valence-corrected chi connectivity index (χ2v) is 7.31. The summed E-state index contributed by atoms with van der Waals surface area (Å²) in [6.07, 6.45) is 0.517. The molecule has 0 saturated carbocycles. The molecule has 7 nitrogen and oxygen atoms in total. The van der Waals surface area contributed by atoms with Gasteiger partial charge in [0.1, 0.15) is 11.6 Å². The van der Waals surface area contributed by atoms with E-state index >= 15 is 0 Å². The van der Waals surface area contributed by atoms with E-state index in [0.29, 0.717) is 13.0 Å². The Morgan fingerprint density at radius 2 is 1.89 bits per heavy atom. The third-order valence-corrected chi connectivity index (χ3v) is 5.12. The number of ether oxygens (including phenoxy) is 2. The van der Waals surface area contributed by atoms with E-state index in [4.69, 9.17) is 9.47 Å².